The lowest BCUT2D eigenvalue weighted by molar-refractivity contribution is -0.122. The number of hydrogen-bond donors (Lipinski definition) is 2. The van der Waals surface area contributed by atoms with Crippen molar-refractivity contribution < 1.29 is 9.90 Å². The van der Waals surface area contributed by atoms with Gasteiger partial charge < -0.3 is 10.4 Å². The maximum atomic E-state index is 11.7. The van der Waals surface area contributed by atoms with E-state index in [9.17, 15) is 9.90 Å². The lowest BCUT2D eigenvalue weighted by Gasteiger charge is -2.34. The standard InChI is InChI=1S/C14H22N2O2S/c1-16(9-11-7-12(17)8-11)10-14(18)15-5-4-13-3-2-6-19-13/h2-3,6,11-12,17H,4-5,7-10H2,1H3,(H,15,18). The number of aliphatic hydroxyl groups is 1. The van der Waals surface area contributed by atoms with E-state index in [0.717, 1.165) is 25.8 Å². The summed E-state index contributed by atoms with van der Waals surface area (Å²) in [4.78, 5) is 15.1. The summed E-state index contributed by atoms with van der Waals surface area (Å²) in [6.07, 6.45) is 2.55. The van der Waals surface area contributed by atoms with Crippen LogP contribution in [0.2, 0.25) is 0 Å². The number of carbonyl (C=O) groups excluding carboxylic acids is 1. The molecule has 106 valence electrons. The van der Waals surface area contributed by atoms with Crippen LogP contribution in [0.1, 0.15) is 17.7 Å². The smallest absolute Gasteiger partial charge is 0.234 e. The van der Waals surface area contributed by atoms with Crippen molar-refractivity contribution in [3.05, 3.63) is 22.4 Å². The Labute approximate surface area is 118 Å². The van der Waals surface area contributed by atoms with Gasteiger partial charge in [0.1, 0.15) is 0 Å². The van der Waals surface area contributed by atoms with Crippen LogP contribution in [-0.2, 0) is 11.2 Å². The fraction of sp³-hybridized carbons (Fsp3) is 0.643. The van der Waals surface area contributed by atoms with E-state index in [1.165, 1.54) is 4.88 Å². The number of carbonyl (C=O) groups is 1. The molecule has 1 aliphatic rings. The maximum absolute atomic E-state index is 11.7. The lowest BCUT2D eigenvalue weighted by Crippen LogP contribution is -2.41. The first kappa shape index (κ1) is 14.5. The molecule has 2 N–H and O–H groups in total. The van der Waals surface area contributed by atoms with Gasteiger partial charge in [0.25, 0.3) is 0 Å². The van der Waals surface area contributed by atoms with Crippen LogP contribution in [0.3, 0.4) is 0 Å². The molecule has 5 heteroatoms. The highest BCUT2D eigenvalue weighted by Crippen LogP contribution is 2.27. The third-order valence-corrected chi connectivity index (χ3v) is 4.40. The van der Waals surface area contributed by atoms with E-state index in [2.05, 4.69) is 16.8 Å². The molecule has 1 aliphatic carbocycles. The van der Waals surface area contributed by atoms with Crippen molar-refractivity contribution in [2.24, 2.45) is 5.92 Å². The average molecular weight is 282 g/mol. The monoisotopic (exact) mass is 282 g/mol. The molecule has 1 saturated carbocycles. The van der Waals surface area contributed by atoms with Crippen molar-refractivity contribution in [3.8, 4) is 0 Å². The quantitative estimate of drug-likeness (QED) is 0.788. The van der Waals surface area contributed by atoms with E-state index in [1.807, 2.05) is 18.0 Å². The number of rotatable bonds is 7. The molecule has 0 aromatic carbocycles. The number of aliphatic hydroxyl groups excluding tert-OH is 1. The van der Waals surface area contributed by atoms with Crippen molar-refractivity contribution in [1.29, 1.82) is 0 Å². The predicted molar refractivity (Wildman–Crippen MR) is 77.3 cm³/mol. The molecule has 2 rings (SSSR count). The second-order valence-corrected chi connectivity index (χ2v) is 6.40. The van der Waals surface area contributed by atoms with Gasteiger partial charge in [-0.2, -0.15) is 0 Å². The SMILES string of the molecule is CN(CC(=O)NCCc1cccs1)CC1CC(O)C1. The molecule has 0 unspecified atom stereocenters. The number of hydrogen-bond acceptors (Lipinski definition) is 4. The van der Waals surface area contributed by atoms with Gasteiger partial charge in [0.2, 0.25) is 5.91 Å². The molecule has 1 aromatic rings. The molecular formula is C14H22N2O2S. The molecule has 1 heterocycles. The number of thiophene rings is 1. The second kappa shape index (κ2) is 7.03. The first-order valence-corrected chi connectivity index (χ1v) is 7.67. The minimum absolute atomic E-state index is 0.0823. The van der Waals surface area contributed by atoms with Crippen molar-refractivity contribution in [2.45, 2.75) is 25.4 Å². The summed E-state index contributed by atoms with van der Waals surface area (Å²) in [5.41, 5.74) is 0. The van der Waals surface area contributed by atoms with E-state index < -0.39 is 0 Å². The van der Waals surface area contributed by atoms with Crippen LogP contribution < -0.4 is 5.32 Å². The van der Waals surface area contributed by atoms with Gasteiger partial charge in [0, 0.05) is 18.0 Å². The van der Waals surface area contributed by atoms with Crippen LogP contribution in [0.5, 0.6) is 0 Å². The Balaban J connectivity index is 1.55. The summed E-state index contributed by atoms with van der Waals surface area (Å²) in [6.45, 7) is 2.04. The van der Waals surface area contributed by atoms with Crippen LogP contribution in [0, 0.1) is 5.92 Å². The molecule has 4 nitrogen and oxygen atoms in total. The van der Waals surface area contributed by atoms with Gasteiger partial charge in [-0.05, 0) is 43.7 Å². The highest BCUT2D eigenvalue weighted by molar-refractivity contribution is 7.09. The van der Waals surface area contributed by atoms with Crippen molar-refractivity contribution in [3.63, 3.8) is 0 Å². The van der Waals surface area contributed by atoms with Gasteiger partial charge >= 0.3 is 0 Å². The largest absolute Gasteiger partial charge is 0.393 e. The van der Waals surface area contributed by atoms with E-state index in [4.69, 9.17) is 0 Å². The number of nitrogens with one attached hydrogen (secondary N) is 1. The topological polar surface area (TPSA) is 52.6 Å². The summed E-state index contributed by atoms with van der Waals surface area (Å²) < 4.78 is 0. The lowest BCUT2D eigenvalue weighted by atomic mass is 9.82. The molecule has 1 fully saturated rings. The van der Waals surface area contributed by atoms with Crippen molar-refractivity contribution in [1.82, 2.24) is 10.2 Å². The number of likely N-dealkylation sites (N-methyl/N-ethyl adjacent to an activating group) is 1. The predicted octanol–water partition coefficient (Wildman–Crippen LogP) is 1.11. The summed E-state index contributed by atoms with van der Waals surface area (Å²) in [5.74, 6) is 0.637. The second-order valence-electron chi connectivity index (χ2n) is 5.37. The molecule has 0 aliphatic heterocycles. The van der Waals surface area contributed by atoms with E-state index in [-0.39, 0.29) is 12.0 Å². The zero-order valence-electron chi connectivity index (χ0n) is 11.3. The molecule has 1 aromatic heterocycles. The Morgan fingerprint density at radius 1 is 1.58 bits per heavy atom. The van der Waals surface area contributed by atoms with Crippen LogP contribution in [-0.4, -0.2) is 48.7 Å². The normalized spacial score (nSPS) is 22.3. The summed E-state index contributed by atoms with van der Waals surface area (Å²) in [6, 6.07) is 4.12. The third kappa shape index (κ3) is 4.93. The highest BCUT2D eigenvalue weighted by Gasteiger charge is 2.28. The Morgan fingerprint density at radius 2 is 2.37 bits per heavy atom. The van der Waals surface area contributed by atoms with Gasteiger partial charge in [-0.3, -0.25) is 9.69 Å². The van der Waals surface area contributed by atoms with Crippen molar-refractivity contribution in [2.75, 3.05) is 26.7 Å². The maximum Gasteiger partial charge on any atom is 0.234 e. The molecule has 1 amide bonds. The highest BCUT2D eigenvalue weighted by atomic mass is 32.1. The van der Waals surface area contributed by atoms with Crippen LogP contribution >= 0.6 is 11.3 Å². The fourth-order valence-electron chi connectivity index (χ4n) is 2.44. The first-order valence-electron chi connectivity index (χ1n) is 6.79. The Morgan fingerprint density at radius 3 is 3.00 bits per heavy atom. The Kier molecular flexibility index (Phi) is 5.36. The average Bonchev–Trinajstić information content (AvgIpc) is 2.79. The molecule has 19 heavy (non-hydrogen) atoms. The third-order valence-electron chi connectivity index (χ3n) is 3.47. The molecule has 0 saturated heterocycles. The number of amides is 1. The van der Waals surface area contributed by atoms with Gasteiger partial charge in [-0.15, -0.1) is 11.3 Å². The van der Waals surface area contributed by atoms with Crippen LogP contribution in [0.25, 0.3) is 0 Å². The van der Waals surface area contributed by atoms with Crippen molar-refractivity contribution >= 4 is 17.2 Å². The molecule has 0 radical (unpaired) electrons. The van der Waals surface area contributed by atoms with E-state index in [0.29, 0.717) is 19.0 Å². The zero-order valence-corrected chi connectivity index (χ0v) is 12.2. The molecule has 0 spiro atoms. The van der Waals surface area contributed by atoms with E-state index >= 15 is 0 Å². The van der Waals surface area contributed by atoms with Crippen LogP contribution in [0.4, 0.5) is 0 Å². The van der Waals surface area contributed by atoms with Gasteiger partial charge in [0.05, 0.1) is 12.6 Å². The number of nitrogens with zero attached hydrogens (tertiary/aromatic N) is 1. The molecular weight excluding hydrogens is 260 g/mol. The summed E-state index contributed by atoms with van der Waals surface area (Å²) in [7, 11) is 1.96. The summed E-state index contributed by atoms with van der Waals surface area (Å²) in [5, 5.41) is 14.2. The first-order chi connectivity index (χ1) is 9.13. The minimum atomic E-state index is -0.113. The molecule has 0 bridgehead atoms. The summed E-state index contributed by atoms with van der Waals surface area (Å²) >= 11 is 1.72. The van der Waals surface area contributed by atoms with Gasteiger partial charge in [-0.25, -0.2) is 0 Å². The fourth-order valence-corrected chi connectivity index (χ4v) is 3.14. The Hall–Kier alpha value is -0.910. The Bertz CT molecular complexity index is 388. The van der Waals surface area contributed by atoms with Gasteiger partial charge in [0.15, 0.2) is 0 Å². The van der Waals surface area contributed by atoms with E-state index in [1.54, 1.807) is 11.3 Å². The van der Waals surface area contributed by atoms with Crippen LogP contribution in [0.15, 0.2) is 17.5 Å². The minimum Gasteiger partial charge on any atom is -0.393 e. The van der Waals surface area contributed by atoms with Gasteiger partial charge in [-0.1, -0.05) is 6.07 Å². The molecule has 0 atom stereocenters. The zero-order chi connectivity index (χ0) is 13.7.